The second kappa shape index (κ2) is 3.02. The minimum Gasteiger partial charge on any atom is -0.439 e. The molecule has 1 aromatic rings. The van der Waals surface area contributed by atoms with E-state index in [4.69, 9.17) is 4.74 Å². The van der Waals surface area contributed by atoms with Crippen molar-refractivity contribution in [3.8, 4) is 0 Å². The van der Waals surface area contributed by atoms with Crippen LogP contribution in [0.15, 0.2) is 18.3 Å². The Bertz CT molecular complexity index is 340. The molecule has 0 radical (unpaired) electrons. The van der Waals surface area contributed by atoms with Gasteiger partial charge >= 0.3 is 5.97 Å². The zero-order valence-electron chi connectivity index (χ0n) is 7.07. The van der Waals surface area contributed by atoms with E-state index in [9.17, 15) is 4.79 Å². The summed E-state index contributed by atoms with van der Waals surface area (Å²) in [7, 11) is 0. The molecule has 2 N–H and O–H groups in total. The summed E-state index contributed by atoms with van der Waals surface area (Å²) < 4.78 is 4.96. The van der Waals surface area contributed by atoms with Crippen LogP contribution < -0.4 is 10.9 Å². The first-order chi connectivity index (χ1) is 6.27. The lowest BCUT2D eigenvalue weighted by Gasteiger charge is -2.08. The molecule has 1 unspecified atom stereocenters. The second-order valence-electron chi connectivity index (χ2n) is 2.70. The standard InChI is InChI=1S/C8H9N3O2/c1-5(12)13-8-7-6(10-11-8)3-2-4-9-7/h2-4,8,10-11H,1H3. The maximum absolute atomic E-state index is 10.7. The van der Waals surface area contributed by atoms with Gasteiger partial charge in [0.05, 0.1) is 5.69 Å². The molecule has 0 aromatic carbocycles. The fourth-order valence-electron chi connectivity index (χ4n) is 1.20. The number of nitrogens with one attached hydrogen (secondary N) is 2. The Morgan fingerprint density at radius 3 is 3.31 bits per heavy atom. The van der Waals surface area contributed by atoms with Crippen LogP contribution in [0.3, 0.4) is 0 Å². The lowest BCUT2D eigenvalue weighted by atomic mass is 10.3. The molecular weight excluding hydrogens is 170 g/mol. The van der Waals surface area contributed by atoms with Gasteiger partial charge in [-0.05, 0) is 12.1 Å². The number of rotatable bonds is 1. The van der Waals surface area contributed by atoms with E-state index >= 15 is 0 Å². The molecule has 0 saturated heterocycles. The van der Waals surface area contributed by atoms with Crippen molar-refractivity contribution in [3.05, 3.63) is 24.0 Å². The Kier molecular flexibility index (Phi) is 1.86. The van der Waals surface area contributed by atoms with Crippen molar-refractivity contribution in [1.29, 1.82) is 0 Å². The Labute approximate surface area is 75.1 Å². The van der Waals surface area contributed by atoms with Crippen LogP contribution in [0.1, 0.15) is 18.8 Å². The van der Waals surface area contributed by atoms with E-state index in [2.05, 4.69) is 15.8 Å². The highest BCUT2D eigenvalue weighted by molar-refractivity contribution is 5.67. The van der Waals surface area contributed by atoms with Crippen molar-refractivity contribution in [2.75, 3.05) is 5.43 Å². The maximum atomic E-state index is 10.7. The highest BCUT2D eigenvalue weighted by Gasteiger charge is 2.24. The Balaban J connectivity index is 2.23. The number of fused-ring (bicyclic) bond motifs is 1. The number of hydrogen-bond donors (Lipinski definition) is 2. The van der Waals surface area contributed by atoms with E-state index < -0.39 is 6.23 Å². The van der Waals surface area contributed by atoms with Gasteiger partial charge in [0.25, 0.3) is 0 Å². The van der Waals surface area contributed by atoms with Crippen molar-refractivity contribution < 1.29 is 9.53 Å². The number of aromatic nitrogens is 1. The molecule has 0 bridgehead atoms. The highest BCUT2D eigenvalue weighted by Crippen LogP contribution is 2.25. The Hall–Kier alpha value is -1.62. The van der Waals surface area contributed by atoms with Crippen LogP contribution in [0.4, 0.5) is 5.69 Å². The van der Waals surface area contributed by atoms with Crippen LogP contribution in [0, 0.1) is 0 Å². The number of carbonyl (C=O) groups is 1. The summed E-state index contributed by atoms with van der Waals surface area (Å²) in [6.07, 6.45) is 1.18. The quantitative estimate of drug-likeness (QED) is 0.617. The van der Waals surface area contributed by atoms with Crippen molar-refractivity contribution in [1.82, 2.24) is 10.4 Å². The van der Waals surface area contributed by atoms with Gasteiger partial charge in [-0.3, -0.25) is 9.78 Å². The van der Waals surface area contributed by atoms with E-state index in [1.165, 1.54) is 6.92 Å². The van der Waals surface area contributed by atoms with Gasteiger partial charge in [-0.2, -0.15) is 5.43 Å². The molecular formula is C8H9N3O2. The highest BCUT2D eigenvalue weighted by atomic mass is 16.6. The first-order valence-corrected chi connectivity index (χ1v) is 3.91. The third-order valence-corrected chi connectivity index (χ3v) is 1.71. The molecule has 0 saturated carbocycles. The van der Waals surface area contributed by atoms with Gasteiger partial charge in [0, 0.05) is 13.1 Å². The molecule has 5 nitrogen and oxygen atoms in total. The molecule has 2 rings (SSSR count). The summed E-state index contributed by atoms with van der Waals surface area (Å²) in [5.41, 5.74) is 7.21. The fraction of sp³-hybridized carbons (Fsp3) is 0.250. The van der Waals surface area contributed by atoms with E-state index in [0.717, 1.165) is 5.69 Å². The van der Waals surface area contributed by atoms with Crippen LogP contribution in [0.25, 0.3) is 0 Å². The molecule has 5 heteroatoms. The third kappa shape index (κ3) is 1.46. The van der Waals surface area contributed by atoms with Crippen LogP contribution in [0.5, 0.6) is 0 Å². The second-order valence-corrected chi connectivity index (χ2v) is 2.70. The van der Waals surface area contributed by atoms with Crippen LogP contribution in [-0.2, 0) is 9.53 Å². The van der Waals surface area contributed by atoms with Gasteiger partial charge in [0.15, 0.2) is 0 Å². The normalized spacial score (nSPS) is 19.0. The Morgan fingerprint density at radius 2 is 2.54 bits per heavy atom. The number of hydrazine groups is 1. The molecule has 68 valence electrons. The number of ether oxygens (including phenoxy) is 1. The summed E-state index contributed by atoms with van der Waals surface area (Å²) in [6.45, 7) is 1.36. The molecule has 0 amide bonds. The van der Waals surface area contributed by atoms with Gasteiger partial charge in [0.2, 0.25) is 6.23 Å². The number of anilines is 1. The molecule has 1 aromatic heterocycles. The molecule has 0 spiro atoms. The summed E-state index contributed by atoms with van der Waals surface area (Å²) in [4.78, 5) is 14.8. The van der Waals surface area contributed by atoms with Gasteiger partial charge in [-0.1, -0.05) is 0 Å². The summed E-state index contributed by atoms with van der Waals surface area (Å²) in [6, 6.07) is 3.67. The lowest BCUT2D eigenvalue weighted by molar-refractivity contribution is -0.147. The van der Waals surface area contributed by atoms with Gasteiger partial charge in [0.1, 0.15) is 5.69 Å². The lowest BCUT2D eigenvalue weighted by Crippen LogP contribution is -2.23. The number of pyridine rings is 1. The van der Waals surface area contributed by atoms with Crippen LogP contribution >= 0.6 is 0 Å². The zero-order valence-corrected chi connectivity index (χ0v) is 7.07. The summed E-state index contributed by atoms with van der Waals surface area (Å²) in [5, 5.41) is 0. The van der Waals surface area contributed by atoms with Crippen molar-refractivity contribution in [2.45, 2.75) is 13.2 Å². The SMILES string of the molecule is CC(=O)OC1NNc2cccnc21. The number of hydrogen-bond acceptors (Lipinski definition) is 5. The van der Waals surface area contributed by atoms with Crippen LogP contribution in [-0.4, -0.2) is 11.0 Å². The fourth-order valence-corrected chi connectivity index (χ4v) is 1.20. The molecule has 1 atom stereocenters. The van der Waals surface area contributed by atoms with E-state index in [1.807, 2.05) is 12.1 Å². The van der Waals surface area contributed by atoms with E-state index in [1.54, 1.807) is 6.20 Å². The zero-order chi connectivity index (χ0) is 9.26. The average molecular weight is 179 g/mol. The first-order valence-electron chi connectivity index (χ1n) is 3.91. The number of nitrogens with zero attached hydrogens (tertiary/aromatic N) is 1. The van der Waals surface area contributed by atoms with Gasteiger partial charge in [-0.25, -0.2) is 0 Å². The van der Waals surface area contributed by atoms with E-state index in [0.29, 0.717) is 5.69 Å². The van der Waals surface area contributed by atoms with Crippen molar-refractivity contribution in [3.63, 3.8) is 0 Å². The average Bonchev–Trinajstić information content (AvgIpc) is 2.48. The monoisotopic (exact) mass is 179 g/mol. The molecule has 13 heavy (non-hydrogen) atoms. The predicted molar refractivity (Wildman–Crippen MR) is 45.5 cm³/mol. The number of esters is 1. The molecule has 1 aliphatic rings. The maximum Gasteiger partial charge on any atom is 0.304 e. The summed E-state index contributed by atoms with van der Waals surface area (Å²) in [5.74, 6) is -0.335. The van der Waals surface area contributed by atoms with Gasteiger partial charge in [-0.15, -0.1) is 0 Å². The van der Waals surface area contributed by atoms with E-state index in [-0.39, 0.29) is 5.97 Å². The van der Waals surface area contributed by atoms with Crippen LogP contribution in [0.2, 0.25) is 0 Å². The Morgan fingerprint density at radius 1 is 1.69 bits per heavy atom. The third-order valence-electron chi connectivity index (χ3n) is 1.71. The minimum absolute atomic E-state index is 0.335. The molecule has 0 fully saturated rings. The van der Waals surface area contributed by atoms with Crippen molar-refractivity contribution in [2.24, 2.45) is 0 Å². The predicted octanol–water partition coefficient (Wildman–Crippen LogP) is 0.573. The topological polar surface area (TPSA) is 63.2 Å². The minimum atomic E-state index is -0.478. The molecule has 1 aliphatic heterocycles. The smallest absolute Gasteiger partial charge is 0.304 e. The largest absolute Gasteiger partial charge is 0.439 e. The number of carbonyl (C=O) groups excluding carboxylic acids is 1. The molecule has 0 aliphatic carbocycles. The first kappa shape index (κ1) is 8.00. The van der Waals surface area contributed by atoms with Gasteiger partial charge < -0.3 is 10.2 Å². The molecule has 2 heterocycles. The van der Waals surface area contributed by atoms with Crippen molar-refractivity contribution >= 4 is 11.7 Å². The summed E-state index contributed by atoms with van der Waals surface area (Å²) >= 11 is 0.